The first-order valence-corrected chi connectivity index (χ1v) is 4.65. The van der Waals surface area contributed by atoms with Crippen molar-refractivity contribution in [3.8, 4) is 0 Å². The number of nitrogens with zero attached hydrogens (tertiary/aromatic N) is 1. The summed E-state index contributed by atoms with van der Waals surface area (Å²) in [5.74, 6) is 1.07. The van der Waals surface area contributed by atoms with Gasteiger partial charge in [0.2, 0.25) is 0 Å². The normalized spacial score (nSPS) is 14.6. The van der Waals surface area contributed by atoms with Gasteiger partial charge in [0.05, 0.1) is 11.2 Å². The number of fused-ring (bicyclic) bond motifs is 1. The van der Waals surface area contributed by atoms with E-state index in [1.807, 2.05) is 5.55 Å². The van der Waals surface area contributed by atoms with E-state index in [4.69, 9.17) is 0 Å². The zero-order valence-electron chi connectivity index (χ0n) is 6.37. The number of benzene rings is 1. The first kappa shape index (κ1) is 6.92. The third-order valence-electron chi connectivity index (χ3n) is 1.74. The Labute approximate surface area is 70.5 Å². The molecule has 0 aromatic heterocycles. The molecule has 1 aromatic rings. The summed E-state index contributed by atoms with van der Waals surface area (Å²) in [6, 6.07) is 6.39. The van der Waals surface area contributed by atoms with E-state index in [-0.39, 0.29) is 0 Å². The molecule has 0 saturated heterocycles. The highest BCUT2D eigenvalue weighted by molar-refractivity contribution is 8.11. The molecule has 0 fully saturated rings. The lowest BCUT2D eigenvalue weighted by molar-refractivity contribution is 1.32. The maximum absolute atomic E-state index is 4.27. The Balaban J connectivity index is 2.53. The van der Waals surface area contributed by atoms with Crippen LogP contribution in [0.3, 0.4) is 0 Å². The second kappa shape index (κ2) is 2.70. The highest BCUT2D eigenvalue weighted by Crippen LogP contribution is 2.28. The van der Waals surface area contributed by atoms with Gasteiger partial charge in [-0.1, -0.05) is 17.7 Å². The van der Waals surface area contributed by atoms with Crippen LogP contribution in [0.15, 0.2) is 23.2 Å². The summed E-state index contributed by atoms with van der Waals surface area (Å²) in [6.07, 6.45) is 0. The smallest absolute Gasteiger partial charge is 0.0676 e. The van der Waals surface area contributed by atoms with Gasteiger partial charge < -0.3 is 0 Å². The molecule has 0 amide bonds. The Morgan fingerprint density at radius 3 is 3.27 bits per heavy atom. The van der Waals surface area contributed by atoms with Gasteiger partial charge >= 0.3 is 0 Å². The van der Waals surface area contributed by atoms with Gasteiger partial charge in [0.25, 0.3) is 0 Å². The fraction of sp³-hybridized carbons (Fsp3) is 0.222. The number of hydrogen-bond acceptors (Lipinski definition) is 2. The lowest BCUT2D eigenvalue weighted by Gasteiger charge is -2.08. The standard InChI is InChI=1S/C9H9NS/c1-7-2-3-9-8(4-7)5-11-6-10-9/h2-4,6H,5H2,1H3. The van der Waals surface area contributed by atoms with Crippen molar-refractivity contribution >= 4 is 23.0 Å². The Morgan fingerprint density at radius 2 is 2.36 bits per heavy atom. The van der Waals surface area contributed by atoms with Crippen molar-refractivity contribution in [3.63, 3.8) is 0 Å². The SMILES string of the molecule is Cc1ccc2c(c1)CSC=N2. The average Bonchev–Trinajstić information content (AvgIpc) is 2.04. The molecule has 1 heterocycles. The highest BCUT2D eigenvalue weighted by atomic mass is 32.2. The fourth-order valence-corrected chi connectivity index (χ4v) is 1.85. The molecular weight excluding hydrogens is 154 g/mol. The molecule has 56 valence electrons. The van der Waals surface area contributed by atoms with E-state index in [1.165, 1.54) is 11.1 Å². The van der Waals surface area contributed by atoms with Crippen LogP contribution in [0.2, 0.25) is 0 Å². The van der Waals surface area contributed by atoms with Crippen LogP contribution in [0.5, 0.6) is 0 Å². The molecule has 0 aliphatic carbocycles. The van der Waals surface area contributed by atoms with Crippen molar-refractivity contribution in [2.45, 2.75) is 12.7 Å². The molecule has 0 unspecified atom stereocenters. The third kappa shape index (κ3) is 1.31. The molecule has 2 rings (SSSR count). The Bertz CT molecular complexity index is 304. The zero-order valence-corrected chi connectivity index (χ0v) is 7.19. The number of thioether (sulfide) groups is 1. The quantitative estimate of drug-likeness (QED) is 0.573. The molecular formula is C9H9NS. The molecule has 0 saturated carbocycles. The van der Waals surface area contributed by atoms with Gasteiger partial charge in [0, 0.05) is 5.75 Å². The molecule has 2 heteroatoms. The van der Waals surface area contributed by atoms with Crippen LogP contribution in [0.1, 0.15) is 11.1 Å². The molecule has 1 aliphatic rings. The Morgan fingerprint density at radius 1 is 1.45 bits per heavy atom. The second-order valence-electron chi connectivity index (χ2n) is 2.68. The van der Waals surface area contributed by atoms with Gasteiger partial charge in [-0.25, -0.2) is 4.99 Å². The minimum absolute atomic E-state index is 1.07. The van der Waals surface area contributed by atoms with Gasteiger partial charge in [-0.15, -0.1) is 11.8 Å². The minimum Gasteiger partial charge on any atom is -0.250 e. The van der Waals surface area contributed by atoms with Crippen molar-refractivity contribution in [2.24, 2.45) is 4.99 Å². The van der Waals surface area contributed by atoms with Crippen molar-refractivity contribution in [2.75, 3.05) is 0 Å². The van der Waals surface area contributed by atoms with Crippen LogP contribution in [-0.4, -0.2) is 5.55 Å². The molecule has 0 spiro atoms. The topological polar surface area (TPSA) is 12.4 Å². The summed E-state index contributed by atoms with van der Waals surface area (Å²) in [7, 11) is 0. The van der Waals surface area contributed by atoms with Gasteiger partial charge in [-0.3, -0.25) is 0 Å². The van der Waals surface area contributed by atoms with E-state index in [2.05, 4.69) is 30.1 Å². The van der Waals surface area contributed by atoms with Crippen LogP contribution in [0, 0.1) is 6.92 Å². The molecule has 0 radical (unpaired) electrons. The molecule has 11 heavy (non-hydrogen) atoms. The predicted octanol–water partition coefficient (Wildman–Crippen LogP) is 2.90. The average molecular weight is 163 g/mol. The second-order valence-corrected chi connectivity index (χ2v) is 3.51. The first-order valence-electron chi connectivity index (χ1n) is 3.60. The van der Waals surface area contributed by atoms with E-state index in [9.17, 15) is 0 Å². The van der Waals surface area contributed by atoms with Crippen LogP contribution < -0.4 is 0 Å². The van der Waals surface area contributed by atoms with Crippen LogP contribution in [-0.2, 0) is 5.75 Å². The van der Waals surface area contributed by atoms with Crippen LogP contribution in [0.25, 0.3) is 0 Å². The van der Waals surface area contributed by atoms with E-state index < -0.39 is 0 Å². The zero-order chi connectivity index (χ0) is 7.68. The molecule has 1 aromatic carbocycles. The minimum atomic E-state index is 1.07. The summed E-state index contributed by atoms with van der Waals surface area (Å²) in [5, 5.41) is 0. The lowest BCUT2D eigenvalue weighted by atomic mass is 10.1. The molecule has 0 N–H and O–H groups in total. The monoisotopic (exact) mass is 163 g/mol. The van der Waals surface area contributed by atoms with Crippen molar-refractivity contribution in [3.05, 3.63) is 29.3 Å². The number of rotatable bonds is 0. The summed E-state index contributed by atoms with van der Waals surface area (Å²) in [5.41, 5.74) is 5.73. The van der Waals surface area contributed by atoms with Crippen molar-refractivity contribution in [1.29, 1.82) is 0 Å². The van der Waals surface area contributed by atoms with E-state index in [0.717, 1.165) is 11.4 Å². The predicted molar refractivity (Wildman–Crippen MR) is 50.6 cm³/mol. The van der Waals surface area contributed by atoms with Gasteiger partial charge in [-0.2, -0.15) is 0 Å². The summed E-state index contributed by atoms with van der Waals surface area (Å²) in [4.78, 5) is 4.27. The largest absolute Gasteiger partial charge is 0.250 e. The molecule has 1 aliphatic heterocycles. The van der Waals surface area contributed by atoms with Crippen LogP contribution in [0.4, 0.5) is 5.69 Å². The van der Waals surface area contributed by atoms with Crippen LogP contribution >= 0.6 is 11.8 Å². The van der Waals surface area contributed by atoms with Crippen molar-refractivity contribution < 1.29 is 0 Å². The van der Waals surface area contributed by atoms with E-state index >= 15 is 0 Å². The summed E-state index contributed by atoms with van der Waals surface area (Å²) < 4.78 is 0. The number of aryl methyl sites for hydroxylation is 1. The molecule has 0 atom stereocenters. The Hall–Kier alpha value is -0.760. The van der Waals surface area contributed by atoms with Crippen molar-refractivity contribution in [1.82, 2.24) is 0 Å². The fourth-order valence-electron chi connectivity index (χ4n) is 1.18. The Kier molecular flexibility index (Phi) is 1.70. The maximum Gasteiger partial charge on any atom is 0.0676 e. The van der Waals surface area contributed by atoms with E-state index in [1.54, 1.807) is 11.8 Å². The van der Waals surface area contributed by atoms with Gasteiger partial charge in [0.15, 0.2) is 0 Å². The summed E-state index contributed by atoms with van der Waals surface area (Å²) >= 11 is 1.75. The molecule has 1 nitrogen and oxygen atoms in total. The van der Waals surface area contributed by atoms with Gasteiger partial charge in [-0.05, 0) is 18.6 Å². The van der Waals surface area contributed by atoms with E-state index in [0.29, 0.717) is 0 Å². The van der Waals surface area contributed by atoms with Gasteiger partial charge in [0.1, 0.15) is 0 Å². The third-order valence-corrected chi connectivity index (χ3v) is 2.47. The first-order chi connectivity index (χ1) is 5.36. The lowest BCUT2D eigenvalue weighted by Crippen LogP contribution is -1.88. The number of hydrogen-bond donors (Lipinski definition) is 0. The number of aliphatic imine (C=N–C) groups is 1. The highest BCUT2D eigenvalue weighted by Gasteiger charge is 2.04. The summed E-state index contributed by atoms with van der Waals surface area (Å²) in [6.45, 7) is 2.11. The molecule has 0 bridgehead atoms. The maximum atomic E-state index is 4.27.